The van der Waals surface area contributed by atoms with Gasteiger partial charge in [-0.3, -0.25) is 0 Å². The lowest BCUT2D eigenvalue weighted by molar-refractivity contribution is 1.18. The van der Waals surface area contributed by atoms with Gasteiger partial charge < -0.3 is 5.32 Å². The van der Waals surface area contributed by atoms with Gasteiger partial charge in [0.15, 0.2) is 0 Å². The molecule has 1 aromatic heterocycles. The topological polar surface area (TPSA) is 12.0 Å². The molecule has 0 aliphatic rings. The Labute approximate surface area is 123 Å². The van der Waals surface area contributed by atoms with Crippen LogP contribution < -0.4 is 5.32 Å². The van der Waals surface area contributed by atoms with Gasteiger partial charge in [0.1, 0.15) is 0 Å². The van der Waals surface area contributed by atoms with Crippen LogP contribution in [-0.4, -0.2) is 0 Å². The Hall–Kier alpha value is -0.320. The number of halogens is 2. The summed E-state index contributed by atoms with van der Waals surface area (Å²) in [4.78, 5) is 2.67. The summed E-state index contributed by atoms with van der Waals surface area (Å²) in [6.07, 6.45) is 0. The van der Waals surface area contributed by atoms with E-state index in [1.807, 2.05) is 11.3 Å². The van der Waals surface area contributed by atoms with Crippen molar-refractivity contribution in [3.8, 4) is 0 Å². The summed E-state index contributed by atoms with van der Waals surface area (Å²) >= 11 is 8.84. The molecular weight excluding hydrogens is 362 g/mol. The summed E-state index contributed by atoms with van der Waals surface area (Å²) in [6.45, 7) is 5.12. The third-order valence-corrected chi connectivity index (χ3v) is 5.18. The predicted octanol–water partition coefficient (Wildman–Crippen LogP) is 5.50. The number of nitrogens with one attached hydrogen (secondary N) is 1. The molecule has 0 unspecified atom stereocenters. The normalized spacial score (nSPS) is 10.6. The van der Waals surface area contributed by atoms with Gasteiger partial charge in [-0.25, -0.2) is 0 Å². The Balaban J connectivity index is 2.07. The standard InChI is InChI=1S/C13H13Br2NS/c1-8-5-10(14)3-4-13(8)16-7-11-6-12(15)9(2)17-11/h3-6,16H,7H2,1-2H3. The van der Waals surface area contributed by atoms with Gasteiger partial charge in [-0.05, 0) is 59.6 Å². The maximum atomic E-state index is 3.54. The summed E-state index contributed by atoms with van der Waals surface area (Å²) in [6, 6.07) is 8.47. The van der Waals surface area contributed by atoms with E-state index in [4.69, 9.17) is 0 Å². The first-order valence-electron chi connectivity index (χ1n) is 5.31. The fraction of sp³-hybridized carbons (Fsp3) is 0.231. The fourth-order valence-electron chi connectivity index (χ4n) is 1.61. The molecule has 1 heterocycles. The van der Waals surface area contributed by atoms with Crippen LogP contribution >= 0.6 is 43.2 Å². The van der Waals surface area contributed by atoms with Crippen molar-refractivity contribution in [1.82, 2.24) is 0 Å². The van der Waals surface area contributed by atoms with Crippen molar-refractivity contribution >= 4 is 48.9 Å². The summed E-state index contributed by atoms with van der Waals surface area (Å²) in [5.74, 6) is 0. The van der Waals surface area contributed by atoms with Gasteiger partial charge >= 0.3 is 0 Å². The summed E-state index contributed by atoms with van der Waals surface area (Å²) in [5, 5.41) is 3.47. The van der Waals surface area contributed by atoms with E-state index < -0.39 is 0 Å². The Morgan fingerprint density at radius 2 is 1.94 bits per heavy atom. The zero-order valence-corrected chi connectivity index (χ0v) is 13.7. The van der Waals surface area contributed by atoms with E-state index in [2.05, 4.69) is 75.3 Å². The maximum Gasteiger partial charge on any atom is 0.0494 e. The first-order chi connectivity index (χ1) is 8.06. The molecule has 0 aliphatic carbocycles. The predicted molar refractivity (Wildman–Crippen MR) is 83.0 cm³/mol. The van der Waals surface area contributed by atoms with Crippen LogP contribution in [0.3, 0.4) is 0 Å². The molecule has 0 saturated carbocycles. The quantitative estimate of drug-likeness (QED) is 0.747. The second-order valence-corrected chi connectivity index (χ2v) is 7.04. The molecule has 2 rings (SSSR count). The zero-order valence-electron chi connectivity index (χ0n) is 9.68. The van der Waals surface area contributed by atoms with Crippen LogP contribution in [0.2, 0.25) is 0 Å². The van der Waals surface area contributed by atoms with Crippen LogP contribution in [0.1, 0.15) is 15.3 Å². The molecule has 17 heavy (non-hydrogen) atoms. The molecule has 4 heteroatoms. The molecule has 0 bridgehead atoms. The van der Waals surface area contributed by atoms with Crippen molar-refractivity contribution in [3.05, 3.63) is 48.5 Å². The highest BCUT2D eigenvalue weighted by Crippen LogP contribution is 2.27. The molecule has 1 N–H and O–H groups in total. The number of rotatable bonds is 3. The van der Waals surface area contributed by atoms with Crippen LogP contribution in [0.25, 0.3) is 0 Å². The van der Waals surface area contributed by atoms with Crippen molar-refractivity contribution in [3.63, 3.8) is 0 Å². The zero-order chi connectivity index (χ0) is 12.4. The van der Waals surface area contributed by atoms with Crippen LogP contribution in [0.5, 0.6) is 0 Å². The number of thiophene rings is 1. The van der Waals surface area contributed by atoms with Crippen molar-refractivity contribution in [2.24, 2.45) is 0 Å². The largest absolute Gasteiger partial charge is 0.380 e. The number of aryl methyl sites for hydroxylation is 2. The molecule has 0 amide bonds. The van der Waals surface area contributed by atoms with Crippen LogP contribution in [-0.2, 0) is 6.54 Å². The molecule has 2 aromatic rings. The van der Waals surface area contributed by atoms with E-state index in [1.54, 1.807) is 0 Å². The van der Waals surface area contributed by atoms with Gasteiger partial charge in [0.25, 0.3) is 0 Å². The van der Waals surface area contributed by atoms with Gasteiger partial charge in [0.2, 0.25) is 0 Å². The highest BCUT2D eigenvalue weighted by Gasteiger charge is 2.03. The summed E-state index contributed by atoms with van der Waals surface area (Å²) in [5.41, 5.74) is 2.45. The minimum atomic E-state index is 0.875. The van der Waals surface area contributed by atoms with Crippen molar-refractivity contribution in [2.75, 3.05) is 5.32 Å². The number of anilines is 1. The van der Waals surface area contributed by atoms with Crippen molar-refractivity contribution in [2.45, 2.75) is 20.4 Å². The molecule has 1 nitrogen and oxygen atoms in total. The Bertz CT molecular complexity index is 515. The lowest BCUT2D eigenvalue weighted by Crippen LogP contribution is -1.99. The van der Waals surface area contributed by atoms with E-state index >= 15 is 0 Å². The van der Waals surface area contributed by atoms with Gasteiger partial charge in [-0.1, -0.05) is 15.9 Å². The summed E-state index contributed by atoms with van der Waals surface area (Å²) in [7, 11) is 0. The van der Waals surface area contributed by atoms with E-state index in [0.717, 1.165) is 11.0 Å². The minimum Gasteiger partial charge on any atom is -0.380 e. The molecule has 0 spiro atoms. The first-order valence-corrected chi connectivity index (χ1v) is 7.71. The van der Waals surface area contributed by atoms with E-state index in [0.29, 0.717) is 0 Å². The lowest BCUT2D eigenvalue weighted by atomic mass is 10.2. The maximum absolute atomic E-state index is 3.54. The monoisotopic (exact) mass is 373 g/mol. The second kappa shape index (κ2) is 5.55. The Kier molecular flexibility index (Phi) is 4.28. The lowest BCUT2D eigenvalue weighted by Gasteiger charge is -2.08. The third kappa shape index (κ3) is 3.33. The van der Waals surface area contributed by atoms with Crippen LogP contribution in [0, 0.1) is 13.8 Å². The molecule has 0 saturated heterocycles. The molecule has 90 valence electrons. The fourth-order valence-corrected chi connectivity index (χ4v) is 3.63. The molecule has 0 aliphatic heterocycles. The molecule has 0 radical (unpaired) electrons. The minimum absolute atomic E-state index is 0.875. The average Bonchev–Trinajstić information content (AvgIpc) is 2.57. The Morgan fingerprint density at radius 3 is 2.53 bits per heavy atom. The van der Waals surface area contributed by atoms with Gasteiger partial charge in [0.05, 0.1) is 0 Å². The molecule has 0 atom stereocenters. The van der Waals surface area contributed by atoms with Crippen LogP contribution in [0.15, 0.2) is 33.2 Å². The second-order valence-electron chi connectivity index (χ2n) is 3.93. The third-order valence-electron chi connectivity index (χ3n) is 2.55. The first kappa shape index (κ1) is 13.1. The van der Waals surface area contributed by atoms with E-state index in [-0.39, 0.29) is 0 Å². The van der Waals surface area contributed by atoms with E-state index in [9.17, 15) is 0 Å². The van der Waals surface area contributed by atoms with Gasteiger partial charge in [0, 0.05) is 30.9 Å². The van der Waals surface area contributed by atoms with Crippen molar-refractivity contribution in [1.29, 1.82) is 0 Å². The van der Waals surface area contributed by atoms with Gasteiger partial charge in [-0.2, -0.15) is 0 Å². The van der Waals surface area contributed by atoms with Gasteiger partial charge in [-0.15, -0.1) is 11.3 Å². The SMILES string of the molecule is Cc1cc(Br)ccc1NCc1cc(Br)c(C)s1. The molecule has 1 aromatic carbocycles. The highest BCUT2D eigenvalue weighted by atomic mass is 79.9. The Morgan fingerprint density at radius 1 is 1.18 bits per heavy atom. The average molecular weight is 375 g/mol. The number of hydrogen-bond donors (Lipinski definition) is 1. The summed E-state index contributed by atoms with van der Waals surface area (Å²) < 4.78 is 2.32. The smallest absolute Gasteiger partial charge is 0.0494 e. The number of hydrogen-bond acceptors (Lipinski definition) is 2. The molecular formula is C13H13Br2NS. The van der Waals surface area contributed by atoms with Crippen molar-refractivity contribution < 1.29 is 0 Å². The van der Waals surface area contributed by atoms with E-state index in [1.165, 1.54) is 25.5 Å². The highest BCUT2D eigenvalue weighted by molar-refractivity contribution is 9.10. The molecule has 0 fully saturated rings. The number of benzene rings is 1. The van der Waals surface area contributed by atoms with Crippen LogP contribution in [0.4, 0.5) is 5.69 Å².